The quantitative estimate of drug-likeness (QED) is 0.779. The van der Waals surface area contributed by atoms with Gasteiger partial charge in [-0.05, 0) is 43.2 Å². The largest absolute Gasteiger partial charge is 0.433 e. The minimum atomic E-state index is -4.52. The van der Waals surface area contributed by atoms with Gasteiger partial charge in [0.1, 0.15) is 11.5 Å². The minimum absolute atomic E-state index is 0.0194. The van der Waals surface area contributed by atoms with Crippen molar-refractivity contribution in [2.45, 2.75) is 37.9 Å². The fraction of sp³-hybridized carbons (Fsp3) is 0.571. The zero-order valence-electron chi connectivity index (χ0n) is 16.1. The van der Waals surface area contributed by atoms with Gasteiger partial charge in [-0.15, -0.1) is 0 Å². The van der Waals surface area contributed by atoms with E-state index in [0.29, 0.717) is 30.6 Å². The summed E-state index contributed by atoms with van der Waals surface area (Å²) in [6.07, 6.45) is 2.38. The predicted molar refractivity (Wildman–Crippen MR) is 103 cm³/mol. The van der Waals surface area contributed by atoms with Crippen LogP contribution in [0.15, 0.2) is 30.5 Å². The number of hydrogen-bond donors (Lipinski definition) is 0. The van der Waals surface area contributed by atoms with Crippen LogP contribution in [0.2, 0.25) is 0 Å². The fourth-order valence-electron chi connectivity index (χ4n) is 5.29. The van der Waals surface area contributed by atoms with Crippen molar-refractivity contribution >= 4 is 5.82 Å². The van der Waals surface area contributed by atoms with Gasteiger partial charge in [0, 0.05) is 44.5 Å². The molecule has 5 nitrogen and oxygen atoms in total. The minimum Gasteiger partial charge on any atom is -0.354 e. The molecule has 2 aromatic rings. The maximum absolute atomic E-state index is 13.4. The molecule has 2 saturated carbocycles. The van der Waals surface area contributed by atoms with Crippen LogP contribution in [0.3, 0.4) is 0 Å². The SMILES string of the molecule is FC(F)(F)c1cc(N2CCN(C3CC4CCC3C4)CC2)nc(-c2ccccn2)n1. The van der Waals surface area contributed by atoms with Gasteiger partial charge in [0.15, 0.2) is 11.5 Å². The van der Waals surface area contributed by atoms with Crippen LogP contribution in [0.25, 0.3) is 11.5 Å². The average Bonchev–Trinajstić information content (AvgIpc) is 3.37. The Labute approximate surface area is 168 Å². The summed E-state index contributed by atoms with van der Waals surface area (Å²) in [5.41, 5.74) is -0.570. The summed E-state index contributed by atoms with van der Waals surface area (Å²) in [4.78, 5) is 16.8. The third kappa shape index (κ3) is 3.70. The number of piperazine rings is 1. The van der Waals surface area contributed by atoms with Crippen molar-refractivity contribution in [1.82, 2.24) is 19.9 Å². The highest BCUT2D eigenvalue weighted by Gasteiger charge is 2.43. The lowest BCUT2D eigenvalue weighted by molar-refractivity contribution is -0.141. The van der Waals surface area contributed by atoms with Gasteiger partial charge in [0.05, 0.1) is 0 Å². The molecular formula is C21H24F3N5. The Kier molecular flexibility index (Phi) is 4.69. The number of fused-ring (bicyclic) bond motifs is 2. The van der Waals surface area contributed by atoms with Gasteiger partial charge in [0.25, 0.3) is 0 Å². The van der Waals surface area contributed by atoms with Gasteiger partial charge in [-0.1, -0.05) is 12.5 Å². The molecule has 2 bridgehead atoms. The van der Waals surface area contributed by atoms with Crippen LogP contribution >= 0.6 is 0 Å². The van der Waals surface area contributed by atoms with Crippen molar-refractivity contribution in [3.63, 3.8) is 0 Å². The highest BCUT2D eigenvalue weighted by Crippen LogP contribution is 2.46. The molecule has 0 radical (unpaired) electrons. The molecule has 29 heavy (non-hydrogen) atoms. The second kappa shape index (κ2) is 7.23. The van der Waals surface area contributed by atoms with E-state index in [1.807, 2.05) is 4.90 Å². The van der Waals surface area contributed by atoms with Crippen molar-refractivity contribution in [2.75, 3.05) is 31.1 Å². The molecule has 2 aliphatic carbocycles. The first kappa shape index (κ1) is 18.8. The number of rotatable bonds is 3. The lowest BCUT2D eigenvalue weighted by atomic mass is 9.93. The molecule has 3 heterocycles. The molecule has 2 aromatic heterocycles. The van der Waals surface area contributed by atoms with E-state index < -0.39 is 11.9 Å². The van der Waals surface area contributed by atoms with Gasteiger partial charge in [-0.3, -0.25) is 9.88 Å². The Hall–Kier alpha value is -2.22. The van der Waals surface area contributed by atoms with Crippen LogP contribution < -0.4 is 4.90 Å². The number of aromatic nitrogens is 3. The van der Waals surface area contributed by atoms with E-state index in [1.54, 1.807) is 18.2 Å². The molecule has 5 rings (SSSR count). The second-order valence-electron chi connectivity index (χ2n) is 8.41. The lowest BCUT2D eigenvalue weighted by Crippen LogP contribution is -2.52. The molecule has 1 aliphatic heterocycles. The van der Waals surface area contributed by atoms with Gasteiger partial charge < -0.3 is 4.90 Å². The molecule has 3 aliphatic rings. The Morgan fingerprint density at radius 3 is 2.41 bits per heavy atom. The van der Waals surface area contributed by atoms with Crippen LogP contribution in [-0.2, 0) is 6.18 Å². The standard InChI is InChI=1S/C21H24F3N5/c22-21(23,24)18-13-19(27-20(26-18)16-3-1-2-6-25-16)29-9-7-28(8-10-29)17-12-14-4-5-15(17)11-14/h1-3,6,13-15,17H,4-5,7-12H2. The Balaban J connectivity index is 1.36. The summed E-state index contributed by atoms with van der Waals surface area (Å²) >= 11 is 0. The Morgan fingerprint density at radius 2 is 1.79 bits per heavy atom. The zero-order chi connectivity index (χ0) is 20.0. The van der Waals surface area contributed by atoms with Crippen LogP contribution in [0, 0.1) is 11.8 Å². The summed E-state index contributed by atoms with van der Waals surface area (Å²) < 4.78 is 40.3. The topological polar surface area (TPSA) is 45.2 Å². The van der Waals surface area contributed by atoms with Gasteiger partial charge in [-0.25, -0.2) is 9.97 Å². The van der Waals surface area contributed by atoms with E-state index in [-0.39, 0.29) is 5.82 Å². The Bertz CT molecular complexity index is 864. The first-order valence-electron chi connectivity index (χ1n) is 10.3. The molecule has 8 heteroatoms. The molecule has 0 aromatic carbocycles. The van der Waals surface area contributed by atoms with E-state index in [0.717, 1.165) is 31.0 Å². The number of nitrogens with zero attached hydrogens (tertiary/aromatic N) is 5. The number of alkyl halides is 3. The lowest BCUT2D eigenvalue weighted by Gasteiger charge is -2.41. The molecule has 0 spiro atoms. The summed E-state index contributed by atoms with van der Waals surface area (Å²) in [5.74, 6) is 2.06. The zero-order valence-corrected chi connectivity index (χ0v) is 16.1. The van der Waals surface area contributed by atoms with E-state index in [9.17, 15) is 13.2 Å². The van der Waals surface area contributed by atoms with Gasteiger partial charge >= 0.3 is 6.18 Å². The van der Waals surface area contributed by atoms with E-state index in [1.165, 1.54) is 31.9 Å². The van der Waals surface area contributed by atoms with E-state index in [4.69, 9.17) is 0 Å². The summed E-state index contributed by atoms with van der Waals surface area (Å²) in [6.45, 7) is 3.12. The molecule has 3 fully saturated rings. The van der Waals surface area contributed by atoms with E-state index >= 15 is 0 Å². The third-order valence-electron chi connectivity index (χ3n) is 6.71. The molecule has 0 amide bonds. The first-order valence-corrected chi connectivity index (χ1v) is 10.3. The van der Waals surface area contributed by atoms with Crippen LogP contribution in [-0.4, -0.2) is 52.1 Å². The summed E-state index contributed by atoms with van der Waals surface area (Å²) in [7, 11) is 0. The van der Waals surface area contributed by atoms with Crippen molar-refractivity contribution < 1.29 is 13.2 Å². The van der Waals surface area contributed by atoms with Crippen LogP contribution in [0.5, 0.6) is 0 Å². The average molecular weight is 403 g/mol. The molecule has 3 atom stereocenters. The first-order chi connectivity index (χ1) is 14.0. The van der Waals surface area contributed by atoms with Crippen LogP contribution in [0.1, 0.15) is 31.4 Å². The molecule has 0 N–H and O–H groups in total. The monoisotopic (exact) mass is 403 g/mol. The maximum Gasteiger partial charge on any atom is 0.433 e. The smallest absolute Gasteiger partial charge is 0.354 e. The third-order valence-corrected chi connectivity index (χ3v) is 6.71. The van der Waals surface area contributed by atoms with Crippen molar-refractivity contribution in [1.29, 1.82) is 0 Å². The predicted octanol–water partition coefficient (Wildman–Crippen LogP) is 3.87. The van der Waals surface area contributed by atoms with Crippen molar-refractivity contribution in [3.05, 3.63) is 36.2 Å². The van der Waals surface area contributed by atoms with E-state index in [2.05, 4.69) is 19.9 Å². The second-order valence-corrected chi connectivity index (χ2v) is 8.41. The molecule has 154 valence electrons. The maximum atomic E-state index is 13.4. The highest BCUT2D eigenvalue weighted by molar-refractivity contribution is 5.54. The summed E-state index contributed by atoms with van der Waals surface area (Å²) in [5, 5.41) is 0. The number of halogens is 3. The number of anilines is 1. The summed E-state index contributed by atoms with van der Waals surface area (Å²) in [6, 6.07) is 6.80. The van der Waals surface area contributed by atoms with Gasteiger partial charge in [-0.2, -0.15) is 13.2 Å². The Morgan fingerprint density at radius 1 is 0.966 bits per heavy atom. The number of hydrogen-bond acceptors (Lipinski definition) is 5. The van der Waals surface area contributed by atoms with Crippen molar-refractivity contribution in [3.8, 4) is 11.5 Å². The molecule has 1 saturated heterocycles. The van der Waals surface area contributed by atoms with Gasteiger partial charge in [0.2, 0.25) is 0 Å². The molecular weight excluding hydrogens is 379 g/mol. The fourth-order valence-corrected chi connectivity index (χ4v) is 5.29. The highest BCUT2D eigenvalue weighted by atomic mass is 19.4. The van der Waals surface area contributed by atoms with Crippen LogP contribution in [0.4, 0.5) is 19.0 Å². The normalized spacial score (nSPS) is 27.6. The van der Waals surface area contributed by atoms with Crippen molar-refractivity contribution in [2.24, 2.45) is 11.8 Å². The number of pyridine rings is 1. The molecule has 3 unspecified atom stereocenters.